The minimum Gasteiger partial charge on any atom is -0.466 e. The summed E-state index contributed by atoms with van der Waals surface area (Å²) in [6.45, 7) is 4.87. The third kappa shape index (κ3) is 51.5. The summed E-state index contributed by atoms with van der Waals surface area (Å²) in [6.07, 6.45) is 68.8. The molecule has 0 aromatic heterocycles. The molecule has 0 saturated heterocycles. The van der Waals surface area contributed by atoms with Crippen molar-refractivity contribution in [2.24, 2.45) is 0 Å². The lowest BCUT2D eigenvalue weighted by molar-refractivity contribution is -0.143. The lowest BCUT2D eigenvalue weighted by Gasteiger charge is -2.20. The van der Waals surface area contributed by atoms with E-state index in [1.807, 2.05) is 6.08 Å². The molecule has 3 N–H and O–H groups in total. The molecule has 1 amide bonds. The Bertz CT molecular complexity index is 1070. The smallest absolute Gasteiger partial charge is 0.305 e. The number of rotatable bonds is 54. The van der Waals surface area contributed by atoms with Crippen molar-refractivity contribution in [1.29, 1.82) is 0 Å². The molecule has 0 aliphatic rings. The maximum atomic E-state index is 12.4. The zero-order valence-electron chi connectivity index (χ0n) is 44.2. The van der Waals surface area contributed by atoms with Crippen LogP contribution in [0.4, 0.5) is 0 Å². The van der Waals surface area contributed by atoms with E-state index in [0.29, 0.717) is 19.4 Å². The quantitative estimate of drug-likeness (QED) is 0.0321. The van der Waals surface area contributed by atoms with Crippen molar-refractivity contribution >= 4 is 11.9 Å². The molecule has 0 radical (unpaired) electrons. The highest BCUT2D eigenvalue weighted by Gasteiger charge is 2.18. The lowest BCUT2D eigenvalue weighted by atomic mass is 10.0. The van der Waals surface area contributed by atoms with Crippen LogP contribution in [-0.4, -0.2) is 47.4 Å². The molecular formula is C60H113NO5. The van der Waals surface area contributed by atoms with Crippen LogP contribution >= 0.6 is 0 Å². The van der Waals surface area contributed by atoms with E-state index in [-0.39, 0.29) is 18.5 Å². The number of allylic oxidation sites excluding steroid dienone is 5. The molecule has 0 aliphatic carbocycles. The summed E-state index contributed by atoms with van der Waals surface area (Å²) in [5.74, 6) is -0.0721. The van der Waals surface area contributed by atoms with Gasteiger partial charge in [-0.25, -0.2) is 0 Å². The summed E-state index contributed by atoms with van der Waals surface area (Å²) >= 11 is 0. The SMILES string of the molecule is CCCCCC/C=C\C/C=C\CCCCCCCC(=O)OCCCCCCCCCCCCCCCCCCCCCCCC(=O)NC(CO)C(O)/C=C/CCCCCCCCCCCC. The van der Waals surface area contributed by atoms with E-state index in [9.17, 15) is 19.8 Å². The van der Waals surface area contributed by atoms with E-state index >= 15 is 0 Å². The Kier molecular flexibility index (Phi) is 54.1. The van der Waals surface area contributed by atoms with Gasteiger partial charge in [-0.05, 0) is 64.2 Å². The van der Waals surface area contributed by atoms with Crippen LogP contribution in [0.3, 0.4) is 0 Å². The number of ether oxygens (including phenoxy) is 1. The predicted octanol–water partition coefficient (Wildman–Crippen LogP) is 18.0. The molecule has 6 heteroatoms. The largest absolute Gasteiger partial charge is 0.466 e. The molecule has 0 aromatic rings. The number of carbonyl (C=O) groups is 2. The summed E-state index contributed by atoms with van der Waals surface area (Å²) in [5, 5.41) is 23.0. The first-order valence-electron chi connectivity index (χ1n) is 29.3. The molecule has 388 valence electrons. The molecule has 0 spiro atoms. The number of hydrogen-bond acceptors (Lipinski definition) is 5. The fraction of sp³-hybridized carbons (Fsp3) is 0.867. The maximum absolute atomic E-state index is 12.4. The van der Waals surface area contributed by atoms with Gasteiger partial charge in [0.25, 0.3) is 0 Å². The predicted molar refractivity (Wildman–Crippen MR) is 287 cm³/mol. The van der Waals surface area contributed by atoms with Crippen molar-refractivity contribution in [3.8, 4) is 0 Å². The van der Waals surface area contributed by atoms with Crippen LogP contribution < -0.4 is 5.32 Å². The second-order valence-electron chi connectivity index (χ2n) is 20.0. The molecule has 0 aromatic carbocycles. The van der Waals surface area contributed by atoms with Gasteiger partial charge >= 0.3 is 5.97 Å². The number of hydrogen-bond donors (Lipinski definition) is 3. The number of nitrogens with one attached hydrogen (secondary N) is 1. The zero-order chi connectivity index (χ0) is 47.9. The van der Waals surface area contributed by atoms with Gasteiger partial charge in [0.1, 0.15) is 0 Å². The van der Waals surface area contributed by atoms with Gasteiger partial charge in [-0.2, -0.15) is 0 Å². The summed E-state index contributed by atoms with van der Waals surface area (Å²) in [7, 11) is 0. The van der Waals surface area contributed by atoms with E-state index in [2.05, 4.69) is 43.5 Å². The van der Waals surface area contributed by atoms with Crippen molar-refractivity contribution in [2.75, 3.05) is 13.2 Å². The second-order valence-corrected chi connectivity index (χ2v) is 20.0. The van der Waals surface area contributed by atoms with Crippen LogP contribution in [-0.2, 0) is 14.3 Å². The Labute approximate surface area is 411 Å². The van der Waals surface area contributed by atoms with Crippen molar-refractivity contribution in [1.82, 2.24) is 5.32 Å². The highest BCUT2D eigenvalue weighted by molar-refractivity contribution is 5.76. The molecule has 0 saturated carbocycles. The number of unbranched alkanes of at least 4 members (excludes halogenated alkanes) is 39. The Morgan fingerprint density at radius 2 is 0.758 bits per heavy atom. The second kappa shape index (κ2) is 55.7. The van der Waals surface area contributed by atoms with Gasteiger partial charge in [0.15, 0.2) is 0 Å². The highest BCUT2D eigenvalue weighted by Crippen LogP contribution is 2.17. The first-order chi connectivity index (χ1) is 32.5. The third-order valence-corrected chi connectivity index (χ3v) is 13.4. The fourth-order valence-electron chi connectivity index (χ4n) is 8.90. The summed E-state index contributed by atoms with van der Waals surface area (Å²) in [4.78, 5) is 24.5. The van der Waals surface area contributed by atoms with Gasteiger partial charge in [0.05, 0.1) is 25.4 Å². The van der Waals surface area contributed by atoms with Crippen LogP contribution in [0.15, 0.2) is 36.5 Å². The lowest BCUT2D eigenvalue weighted by Crippen LogP contribution is -2.45. The number of aliphatic hydroxyl groups excluding tert-OH is 2. The molecule has 0 fully saturated rings. The third-order valence-electron chi connectivity index (χ3n) is 13.4. The standard InChI is InChI=1S/C60H113NO5/c1-3-5-7-9-11-13-15-17-18-27-30-34-38-42-46-50-54-60(65)66-55-51-47-43-39-35-31-28-25-23-21-19-20-22-24-26-29-33-37-41-45-49-53-59(64)61-57(56-62)58(63)52-48-44-40-36-32-16-14-12-10-8-6-4-2/h13,15,18,27,48,52,57-58,62-63H,3-12,14,16-17,19-26,28-47,49-51,53-56H2,1-2H3,(H,61,64)/b15-13-,27-18-,52-48+. The Morgan fingerprint density at radius 3 is 1.17 bits per heavy atom. The summed E-state index contributed by atoms with van der Waals surface area (Å²) < 4.78 is 5.48. The molecular weight excluding hydrogens is 815 g/mol. The average Bonchev–Trinajstić information content (AvgIpc) is 3.32. The molecule has 0 bridgehead atoms. The maximum Gasteiger partial charge on any atom is 0.305 e. The Balaban J connectivity index is 3.40. The van der Waals surface area contributed by atoms with Gasteiger partial charge in [-0.3, -0.25) is 9.59 Å². The topological polar surface area (TPSA) is 95.9 Å². The van der Waals surface area contributed by atoms with Crippen LogP contribution in [0.25, 0.3) is 0 Å². The summed E-state index contributed by atoms with van der Waals surface area (Å²) in [5.41, 5.74) is 0. The van der Waals surface area contributed by atoms with Crippen LogP contribution in [0.5, 0.6) is 0 Å². The summed E-state index contributed by atoms with van der Waals surface area (Å²) in [6, 6.07) is -0.628. The first-order valence-corrected chi connectivity index (χ1v) is 29.3. The normalized spacial score (nSPS) is 12.8. The van der Waals surface area contributed by atoms with Crippen LogP contribution in [0.1, 0.15) is 309 Å². The van der Waals surface area contributed by atoms with E-state index in [0.717, 1.165) is 51.4 Å². The van der Waals surface area contributed by atoms with E-state index in [1.165, 1.54) is 231 Å². The first kappa shape index (κ1) is 64.1. The number of amides is 1. The number of esters is 1. The van der Waals surface area contributed by atoms with E-state index < -0.39 is 12.1 Å². The molecule has 6 nitrogen and oxygen atoms in total. The molecule has 66 heavy (non-hydrogen) atoms. The number of carbonyl (C=O) groups excluding carboxylic acids is 2. The molecule has 2 unspecified atom stereocenters. The molecule has 0 aliphatic heterocycles. The van der Waals surface area contributed by atoms with Gasteiger partial charge < -0.3 is 20.3 Å². The minimum absolute atomic E-state index is 0.00235. The van der Waals surface area contributed by atoms with Gasteiger partial charge in [-0.15, -0.1) is 0 Å². The van der Waals surface area contributed by atoms with E-state index in [4.69, 9.17) is 4.74 Å². The van der Waals surface area contributed by atoms with Crippen LogP contribution in [0.2, 0.25) is 0 Å². The minimum atomic E-state index is -0.844. The van der Waals surface area contributed by atoms with Crippen molar-refractivity contribution in [2.45, 2.75) is 321 Å². The van der Waals surface area contributed by atoms with Crippen molar-refractivity contribution in [3.63, 3.8) is 0 Å². The van der Waals surface area contributed by atoms with E-state index in [1.54, 1.807) is 6.08 Å². The van der Waals surface area contributed by atoms with Gasteiger partial charge in [-0.1, -0.05) is 269 Å². The van der Waals surface area contributed by atoms with Crippen molar-refractivity contribution < 1.29 is 24.5 Å². The Morgan fingerprint density at radius 1 is 0.424 bits per heavy atom. The average molecular weight is 929 g/mol. The van der Waals surface area contributed by atoms with Crippen molar-refractivity contribution in [3.05, 3.63) is 36.5 Å². The fourth-order valence-corrected chi connectivity index (χ4v) is 8.90. The van der Waals surface area contributed by atoms with Gasteiger partial charge in [0.2, 0.25) is 5.91 Å². The molecule has 2 atom stereocenters. The highest BCUT2D eigenvalue weighted by atomic mass is 16.5. The van der Waals surface area contributed by atoms with Crippen LogP contribution in [0, 0.1) is 0 Å². The Hall–Kier alpha value is -1.92. The zero-order valence-corrected chi connectivity index (χ0v) is 44.2. The van der Waals surface area contributed by atoms with Gasteiger partial charge in [0, 0.05) is 12.8 Å². The molecule has 0 rings (SSSR count). The monoisotopic (exact) mass is 928 g/mol. The molecule has 0 heterocycles. The number of aliphatic hydroxyl groups is 2.